The molecule has 16 heavy (non-hydrogen) atoms. The number of nitrogens with two attached hydrogens (primary N) is 1. The zero-order chi connectivity index (χ0) is 12.1. The maximum Gasteiger partial charge on any atom is 0.241 e. The Bertz CT molecular complexity index is 383. The van der Waals surface area contributed by atoms with Crippen LogP contribution in [0.15, 0.2) is 16.7 Å². The van der Waals surface area contributed by atoms with Crippen molar-refractivity contribution in [3.05, 3.63) is 16.7 Å². The van der Waals surface area contributed by atoms with Crippen LogP contribution in [-0.2, 0) is 4.79 Å². The number of aromatic nitrogens is 1. The first kappa shape index (κ1) is 12.8. The number of likely N-dealkylation sites (N-methyl/N-ethyl adjacent to an activating group) is 1. The molecule has 6 heteroatoms. The molecular weight excluding hydrogens is 272 g/mol. The van der Waals surface area contributed by atoms with E-state index in [1.165, 1.54) is 0 Å². The number of hydrogen-bond donors (Lipinski definition) is 2. The Morgan fingerprint density at radius 1 is 1.69 bits per heavy atom. The quantitative estimate of drug-likeness (QED) is 0.876. The van der Waals surface area contributed by atoms with Gasteiger partial charge in [-0.05, 0) is 28.9 Å². The molecule has 0 aliphatic carbocycles. The van der Waals surface area contributed by atoms with Gasteiger partial charge in [0.1, 0.15) is 5.82 Å². The highest BCUT2D eigenvalue weighted by molar-refractivity contribution is 9.10. The fraction of sp³-hybridized carbons (Fsp3) is 0.400. The number of carbonyl (C=O) groups excluding carboxylic acids is 1. The standard InChI is InChI=1S/C10H15BrN4O/c1-3-15(2)9(16)6-14-10-8(11)4-7(12)5-13-10/h4-5H,3,6,12H2,1-2H3,(H,13,14). The van der Waals surface area contributed by atoms with E-state index in [0.29, 0.717) is 18.1 Å². The van der Waals surface area contributed by atoms with Crippen LogP contribution < -0.4 is 11.1 Å². The summed E-state index contributed by atoms with van der Waals surface area (Å²) in [7, 11) is 1.76. The topological polar surface area (TPSA) is 71.2 Å². The normalized spacial score (nSPS) is 9.94. The van der Waals surface area contributed by atoms with E-state index < -0.39 is 0 Å². The molecular formula is C10H15BrN4O. The van der Waals surface area contributed by atoms with Gasteiger partial charge in [0, 0.05) is 13.6 Å². The number of pyridine rings is 1. The summed E-state index contributed by atoms with van der Waals surface area (Å²) in [5.74, 6) is 0.639. The molecule has 0 saturated heterocycles. The minimum absolute atomic E-state index is 0.0213. The Balaban J connectivity index is 2.58. The van der Waals surface area contributed by atoms with Gasteiger partial charge in [0.2, 0.25) is 5.91 Å². The zero-order valence-corrected chi connectivity index (χ0v) is 10.9. The van der Waals surface area contributed by atoms with Gasteiger partial charge in [0.25, 0.3) is 0 Å². The molecule has 0 aromatic carbocycles. The SMILES string of the molecule is CCN(C)C(=O)CNc1ncc(N)cc1Br. The van der Waals surface area contributed by atoms with Crippen LogP contribution in [0.5, 0.6) is 0 Å². The summed E-state index contributed by atoms with van der Waals surface area (Å²) in [6.45, 7) is 2.84. The predicted octanol–water partition coefficient (Wildman–Crippen LogP) is 1.32. The summed E-state index contributed by atoms with van der Waals surface area (Å²) >= 11 is 3.32. The molecule has 88 valence electrons. The minimum atomic E-state index is 0.0213. The van der Waals surface area contributed by atoms with Crippen molar-refractivity contribution >= 4 is 33.3 Å². The third kappa shape index (κ3) is 3.37. The van der Waals surface area contributed by atoms with Gasteiger partial charge in [-0.25, -0.2) is 4.98 Å². The summed E-state index contributed by atoms with van der Waals surface area (Å²) in [6.07, 6.45) is 1.54. The van der Waals surface area contributed by atoms with Crippen molar-refractivity contribution in [1.29, 1.82) is 0 Å². The van der Waals surface area contributed by atoms with Crippen molar-refractivity contribution in [2.24, 2.45) is 0 Å². The Kier molecular flexibility index (Phi) is 4.54. The van der Waals surface area contributed by atoms with Crippen LogP contribution in [0.3, 0.4) is 0 Å². The first-order chi connectivity index (χ1) is 7.54. The molecule has 0 fully saturated rings. The largest absolute Gasteiger partial charge is 0.397 e. The van der Waals surface area contributed by atoms with Crippen LogP contribution in [0.4, 0.5) is 11.5 Å². The average Bonchev–Trinajstić information content (AvgIpc) is 2.26. The molecule has 5 nitrogen and oxygen atoms in total. The van der Waals surface area contributed by atoms with E-state index in [1.54, 1.807) is 24.2 Å². The van der Waals surface area contributed by atoms with E-state index in [4.69, 9.17) is 5.73 Å². The van der Waals surface area contributed by atoms with E-state index in [2.05, 4.69) is 26.2 Å². The van der Waals surface area contributed by atoms with Crippen LogP contribution >= 0.6 is 15.9 Å². The first-order valence-electron chi connectivity index (χ1n) is 4.93. The lowest BCUT2D eigenvalue weighted by Crippen LogP contribution is -2.32. The lowest BCUT2D eigenvalue weighted by atomic mass is 10.4. The molecule has 1 rings (SSSR count). The molecule has 1 amide bonds. The van der Waals surface area contributed by atoms with Crippen molar-refractivity contribution < 1.29 is 4.79 Å². The van der Waals surface area contributed by atoms with Crippen LogP contribution in [0.1, 0.15) is 6.92 Å². The monoisotopic (exact) mass is 286 g/mol. The second kappa shape index (κ2) is 5.69. The number of nitrogen functional groups attached to an aromatic ring is 1. The van der Waals surface area contributed by atoms with E-state index in [0.717, 1.165) is 4.47 Å². The van der Waals surface area contributed by atoms with E-state index in [1.807, 2.05) is 6.92 Å². The number of nitrogens with one attached hydrogen (secondary N) is 1. The minimum Gasteiger partial charge on any atom is -0.397 e. The van der Waals surface area contributed by atoms with Crippen LogP contribution in [-0.4, -0.2) is 35.9 Å². The van der Waals surface area contributed by atoms with Crippen LogP contribution in [0, 0.1) is 0 Å². The smallest absolute Gasteiger partial charge is 0.241 e. The van der Waals surface area contributed by atoms with E-state index >= 15 is 0 Å². The number of rotatable bonds is 4. The molecule has 1 aromatic rings. The number of amides is 1. The Hall–Kier alpha value is -1.30. The lowest BCUT2D eigenvalue weighted by molar-refractivity contribution is -0.127. The Morgan fingerprint density at radius 3 is 2.94 bits per heavy atom. The maximum absolute atomic E-state index is 11.5. The van der Waals surface area contributed by atoms with Crippen molar-refractivity contribution in [1.82, 2.24) is 9.88 Å². The fourth-order valence-electron chi connectivity index (χ4n) is 1.05. The Morgan fingerprint density at radius 2 is 2.38 bits per heavy atom. The summed E-state index contributed by atoms with van der Waals surface area (Å²) in [5.41, 5.74) is 6.14. The van der Waals surface area contributed by atoms with E-state index in [-0.39, 0.29) is 12.5 Å². The molecule has 0 atom stereocenters. The summed E-state index contributed by atoms with van der Waals surface area (Å²) in [5, 5.41) is 2.95. The van der Waals surface area contributed by atoms with Gasteiger partial charge in [-0.2, -0.15) is 0 Å². The molecule has 0 unspecified atom stereocenters. The van der Waals surface area contributed by atoms with Gasteiger partial charge < -0.3 is 16.0 Å². The summed E-state index contributed by atoms with van der Waals surface area (Å²) < 4.78 is 0.749. The second-order valence-electron chi connectivity index (χ2n) is 3.36. The van der Waals surface area contributed by atoms with Crippen molar-refractivity contribution in [3.63, 3.8) is 0 Å². The lowest BCUT2D eigenvalue weighted by Gasteiger charge is -2.15. The number of nitrogens with zero attached hydrogens (tertiary/aromatic N) is 2. The molecule has 0 saturated carbocycles. The average molecular weight is 287 g/mol. The third-order valence-corrected chi connectivity index (χ3v) is 2.77. The van der Waals surface area contributed by atoms with Gasteiger partial charge in [-0.1, -0.05) is 0 Å². The van der Waals surface area contributed by atoms with Crippen LogP contribution in [0.2, 0.25) is 0 Å². The highest BCUT2D eigenvalue weighted by Gasteiger charge is 2.08. The molecule has 3 N–H and O–H groups in total. The fourth-order valence-corrected chi connectivity index (χ4v) is 1.56. The number of hydrogen-bond acceptors (Lipinski definition) is 4. The molecule has 0 aliphatic rings. The summed E-state index contributed by atoms with van der Waals surface area (Å²) in [6, 6.07) is 1.74. The highest BCUT2D eigenvalue weighted by atomic mass is 79.9. The number of anilines is 2. The van der Waals surface area contributed by atoms with Crippen molar-refractivity contribution in [3.8, 4) is 0 Å². The molecule has 0 bridgehead atoms. The maximum atomic E-state index is 11.5. The molecule has 1 heterocycles. The molecule has 0 aliphatic heterocycles. The van der Waals surface area contributed by atoms with Gasteiger partial charge >= 0.3 is 0 Å². The third-order valence-electron chi connectivity index (χ3n) is 2.17. The van der Waals surface area contributed by atoms with Crippen LogP contribution in [0.25, 0.3) is 0 Å². The zero-order valence-electron chi connectivity index (χ0n) is 9.33. The molecule has 0 spiro atoms. The van der Waals surface area contributed by atoms with Crippen molar-refractivity contribution in [2.75, 3.05) is 31.2 Å². The van der Waals surface area contributed by atoms with Gasteiger partial charge in [-0.3, -0.25) is 4.79 Å². The van der Waals surface area contributed by atoms with Gasteiger partial charge in [0.15, 0.2) is 0 Å². The number of halogens is 1. The second-order valence-corrected chi connectivity index (χ2v) is 4.21. The number of carbonyl (C=O) groups is 1. The van der Waals surface area contributed by atoms with E-state index in [9.17, 15) is 4.79 Å². The van der Waals surface area contributed by atoms with Gasteiger partial charge in [-0.15, -0.1) is 0 Å². The highest BCUT2D eigenvalue weighted by Crippen LogP contribution is 2.21. The Labute approximate surface area is 103 Å². The molecule has 1 aromatic heterocycles. The summed E-state index contributed by atoms with van der Waals surface area (Å²) in [4.78, 5) is 17.2. The first-order valence-corrected chi connectivity index (χ1v) is 5.72. The predicted molar refractivity (Wildman–Crippen MR) is 68.2 cm³/mol. The van der Waals surface area contributed by atoms with Gasteiger partial charge in [0.05, 0.1) is 22.9 Å². The molecule has 0 radical (unpaired) electrons. The van der Waals surface area contributed by atoms with Crippen molar-refractivity contribution in [2.45, 2.75) is 6.92 Å².